The van der Waals surface area contributed by atoms with E-state index in [1.54, 1.807) is 44.2 Å². The number of carbonyl (C=O) groups is 2. The van der Waals surface area contributed by atoms with Crippen molar-refractivity contribution in [2.45, 2.75) is 45.2 Å². The van der Waals surface area contributed by atoms with Gasteiger partial charge >= 0.3 is 12.0 Å². The van der Waals surface area contributed by atoms with Crippen molar-refractivity contribution in [3.63, 3.8) is 0 Å². The number of rotatable bonds is 8. The molecule has 1 aliphatic heterocycles. The molecule has 5 aromatic rings. The van der Waals surface area contributed by atoms with Crippen molar-refractivity contribution in [1.29, 1.82) is 0 Å². The molecule has 51 heavy (non-hydrogen) atoms. The highest BCUT2D eigenvalue weighted by Gasteiger charge is 2.38. The Kier molecular flexibility index (Phi) is 9.06. The molecule has 2 aliphatic rings. The lowest BCUT2D eigenvalue weighted by molar-refractivity contribution is -0.143. The van der Waals surface area contributed by atoms with E-state index in [2.05, 4.69) is 16.8 Å². The number of urea groups is 1. The van der Waals surface area contributed by atoms with Gasteiger partial charge in [0.05, 0.1) is 26.5 Å². The lowest BCUT2D eigenvalue weighted by atomic mass is 9.94. The maximum atomic E-state index is 14.9. The van der Waals surface area contributed by atoms with Gasteiger partial charge in [-0.2, -0.15) is 0 Å². The van der Waals surface area contributed by atoms with Crippen LogP contribution in [0.25, 0.3) is 5.00 Å². The number of ether oxygens (including phenoxy) is 2. The molecule has 1 aliphatic carbocycles. The van der Waals surface area contributed by atoms with Gasteiger partial charge in [0, 0.05) is 60.3 Å². The van der Waals surface area contributed by atoms with Gasteiger partial charge in [-0.25, -0.2) is 9.59 Å². The molecule has 0 spiro atoms. The van der Waals surface area contributed by atoms with Gasteiger partial charge < -0.3 is 38.9 Å². The number of aromatic nitrogens is 2. The smallest absolute Gasteiger partial charge is 0.352 e. The van der Waals surface area contributed by atoms with Crippen molar-refractivity contribution in [3.05, 3.63) is 99.7 Å². The van der Waals surface area contributed by atoms with Crippen LogP contribution in [0.1, 0.15) is 51.7 Å². The van der Waals surface area contributed by atoms with Crippen molar-refractivity contribution in [1.82, 2.24) is 14.2 Å². The summed E-state index contributed by atoms with van der Waals surface area (Å²) in [6.07, 6.45) is 6.46. The number of nitrogens with zero attached hydrogens (tertiary/aromatic N) is 5. The number of anilines is 2. The zero-order valence-electron chi connectivity index (χ0n) is 29.3. The highest BCUT2D eigenvalue weighted by atomic mass is 32.1. The molecule has 12 nitrogen and oxygen atoms in total. The summed E-state index contributed by atoms with van der Waals surface area (Å²) in [6.45, 7) is 2.31. The Morgan fingerprint density at radius 1 is 0.902 bits per heavy atom. The molecule has 2 aromatic carbocycles. The first kappa shape index (κ1) is 33.9. The fourth-order valence-electron chi connectivity index (χ4n) is 7.15. The van der Waals surface area contributed by atoms with Gasteiger partial charge in [0.1, 0.15) is 17.6 Å². The fraction of sp³-hybridized carbons (Fsp3) is 0.316. The summed E-state index contributed by atoms with van der Waals surface area (Å²) in [5.74, 6) is -0.333. The third kappa shape index (κ3) is 6.11. The summed E-state index contributed by atoms with van der Waals surface area (Å²) in [6, 6.07) is 17.4. The maximum Gasteiger partial charge on any atom is 0.352 e. The lowest BCUT2D eigenvalue weighted by Gasteiger charge is -2.35. The summed E-state index contributed by atoms with van der Waals surface area (Å²) in [5.41, 5.74) is 6.88. The molecule has 0 fully saturated rings. The van der Waals surface area contributed by atoms with Crippen LogP contribution in [-0.2, 0) is 24.2 Å². The van der Waals surface area contributed by atoms with Crippen molar-refractivity contribution >= 4 is 34.7 Å². The van der Waals surface area contributed by atoms with E-state index >= 15 is 0 Å². The predicted octanol–water partition coefficient (Wildman–Crippen LogP) is 6.21. The summed E-state index contributed by atoms with van der Waals surface area (Å²) >= 11 is 1.84. The number of amides is 2. The number of hydrogen-bond donors (Lipinski definition) is 2. The minimum absolute atomic E-state index is 0.145. The second-order valence-corrected chi connectivity index (χ2v) is 14.0. The normalized spacial score (nSPS) is 14.9. The number of thiophene rings is 1. The van der Waals surface area contributed by atoms with E-state index in [4.69, 9.17) is 14.3 Å². The van der Waals surface area contributed by atoms with Gasteiger partial charge in [-0.3, -0.25) is 4.90 Å². The Balaban J connectivity index is 1.26. The fourth-order valence-corrected chi connectivity index (χ4v) is 8.56. The third-order valence-electron chi connectivity index (χ3n) is 9.81. The average Bonchev–Trinajstić information content (AvgIpc) is 3.82. The van der Waals surface area contributed by atoms with Crippen LogP contribution in [0.15, 0.2) is 66.9 Å². The van der Waals surface area contributed by atoms with Gasteiger partial charge in [0.2, 0.25) is 11.8 Å². The number of benzene rings is 2. The summed E-state index contributed by atoms with van der Waals surface area (Å²) in [7, 11) is 6.71. The molecular formula is C38H41N5O7S. The molecule has 0 saturated carbocycles. The van der Waals surface area contributed by atoms with Crippen LogP contribution >= 0.6 is 11.3 Å². The molecule has 3 aromatic heterocycles. The van der Waals surface area contributed by atoms with Gasteiger partial charge in [0.15, 0.2) is 11.5 Å². The summed E-state index contributed by atoms with van der Waals surface area (Å²) < 4.78 is 14.0. The number of likely N-dealkylation sites (N-methyl/N-ethyl adjacent to an activating group) is 1. The Labute approximate surface area is 300 Å². The third-order valence-corrected chi connectivity index (χ3v) is 11.1. The first-order valence-corrected chi connectivity index (χ1v) is 17.6. The van der Waals surface area contributed by atoms with Gasteiger partial charge in [-0.1, -0.05) is 6.07 Å². The van der Waals surface area contributed by atoms with E-state index in [0.717, 1.165) is 41.8 Å². The number of aryl methyl sites for hydroxylation is 2. The molecule has 0 bridgehead atoms. The zero-order valence-corrected chi connectivity index (χ0v) is 30.1. The van der Waals surface area contributed by atoms with E-state index in [1.165, 1.54) is 39.6 Å². The van der Waals surface area contributed by atoms with Crippen LogP contribution in [0.5, 0.6) is 23.3 Å². The summed E-state index contributed by atoms with van der Waals surface area (Å²) in [5, 5.41) is 20.9. The molecule has 13 heteroatoms. The quantitative estimate of drug-likeness (QED) is 0.195. The van der Waals surface area contributed by atoms with E-state index in [9.17, 15) is 19.8 Å². The number of carbonyl (C=O) groups excluding carboxylic acids is 2. The second kappa shape index (κ2) is 13.6. The largest absolute Gasteiger partial charge is 0.493 e. The molecular weight excluding hydrogens is 671 g/mol. The molecule has 0 saturated heterocycles. The predicted molar refractivity (Wildman–Crippen MR) is 195 cm³/mol. The molecule has 1 unspecified atom stereocenters. The molecule has 4 heterocycles. The van der Waals surface area contributed by atoms with Crippen LogP contribution in [0.3, 0.4) is 0 Å². The lowest BCUT2D eigenvalue weighted by Crippen LogP contribution is -2.43. The van der Waals surface area contributed by atoms with Gasteiger partial charge in [0.25, 0.3) is 0 Å². The van der Waals surface area contributed by atoms with Crippen LogP contribution in [0.4, 0.5) is 16.2 Å². The first-order valence-electron chi connectivity index (χ1n) is 16.8. The monoisotopic (exact) mass is 711 g/mol. The molecule has 266 valence electrons. The highest BCUT2D eigenvalue weighted by molar-refractivity contribution is 7.15. The van der Waals surface area contributed by atoms with Crippen molar-refractivity contribution in [3.8, 4) is 28.3 Å². The molecule has 0 radical (unpaired) electrons. The number of aromatic hydroxyl groups is 2. The Bertz CT molecular complexity index is 2100. The Morgan fingerprint density at radius 2 is 1.63 bits per heavy atom. The van der Waals surface area contributed by atoms with Crippen LogP contribution in [-0.4, -0.2) is 71.3 Å². The van der Waals surface area contributed by atoms with E-state index in [-0.39, 0.29) is 24.3 Å². The first-order chi connectivity index (χ1) is 24.6. The van der Waals surface area contributed by atoms with Crippen LogP contribution < -0.4 is 24.1 Å². The van der Waals surface area contributed by atoms with Crippen LogP contribution in [0, 0.1) is 6.92 Å². The van der Waals surface area contributed by atoms with E-state index < -0.39 is 12.0 Å². The molecule has 1 atom stereocenters. The minimum atomic E-state index is -0.674. The van der Waals surface area contributed by atoms with E-state index in [0.29, 0.717) is 28.5 Å². The number of fused-ring (bicyclic) bond motifs is 5. The van der Waals surface area contributed by atoms with Crippen molar-refractivity contribution in [2.75, 3.05) is 44.7 Å². The Hall–Kier alpha value is -5.56. The standard InChI is InChI=1S/C38H41N5O7S/c1-23-19-24(39(2)22-35(46)50-43-33(44)16-17-34(43)45)12-14-26(23)36-29-10-8-18-41(29)37-28(27-9-6-7-11-32(27)51-37)21-42(36)38(47)40(3)25-13-15-30(48-4)31(20-25)49-5/h8,10,12-20,36,44-45H,6-7,9,11,21-22H2,1-5H3. The molecule has 2 N–H and O–H groups in total. The van der Waals surface area contributed by atoms with Gasteiger partial charge in [-0.05, 0) is 85.7 Å². The number of methoxy groups -OCH3 is 2. The minimum Gasteiger partial charge on any atom is -0.493 e. The van der Waals surface area contributed by atoms with Crippen LogP contribution in [0.2, 0.25) is 0 Å². The average molecular weight is 712 g/mol. The Morgan fingerprint density at radius 3 is 2.35 bits per heavy atom. The zero-order chi connectivity index (χ0) is 36.0. The van der Waals surface area contributed by atoms with Crippen molar-refractivity contribution in [2.24, 2.45) is 0 Å². The SMILES string of the molecule is COc1ccc(N(C)C(=O)N2Cc3c(sc4c3CCCC4)-n3cccc3C2c2ccc(N(C)CC(=O)On3c(O)ccc3O)cc2C)cc1OC. The van der Waals surface area contributed by atoms with Gasteiger partial charge in [-0.15, -0.1) is 16.1 Å². The molecule has 2 amide bonds. The summed E-state index contributed by atoms with van der Waals surface area (Å²) in [4.78, 5) is 39.5. The highest BCUT2D eigenvalue weighted by Crippen LogP contribution is 2.45. The topological polar surface area (TPSA) is 122 Å². The van der Waals surface area contributed by atoms with E-state index in [1.807, 2.05) is 59.6 Å². The molecule has 7 rings (SSSR count). The second-order valence-electron chi connectivity index (χ2n) is 12.9. The van der Waals surface area contributed by atoms with Crippen molar-refractivity contribution < 1.29 is 34.1 Å². The maximum absolute atomic E-state index is 14.9. The number of hydrogen-bond acceptors (Lipinski definition) is 9.